The van der Waals surface area contributed by atoms with Gasteiger partial charge in [-0.15, -0.1) is 11.8 Å². The molecule has 0 saturated heterocycles. The molecule has 8 rings (SSSR count). The largest absolute Gasteiger partial charge is 0.459 e. The topological polar surface area (TPSA) is 70.0 Å². The Labute approximate surface area is 380 Å². The lowest BCUT2D eigenvalue weighted by Crippen LogP contribution is -2.02. The van der Waals surface area contributed by atoms with Crippen molar-refractivity contribution < 1.29 is 18.3 Å². The highest BCUT2D eigenvalue weighted by molar-refractivity contribution is 7.98. The van der Waals surface area contributed by atoms with Gasteiger partial charge < -0.3 is 9.47 Å². The molecule has 0 bridgehead atoms. The fraction of sp³-hybridized carbons (Fsp3) is 0.0638. The van der Waals surface area contributed by atoms with Gasteiger partial charge in [-0.1, -0.05) is 119 Å². The molecule has 2 heterocycles. The molecule has 0 aliphatic rings. The summed E-state index contributed by atoms with van der Waals surface area (Å²) < 4.78 is 38.3. The van der Waals surface area contributed by atoms with Gasteiger partial charge in [0.2, 0.25) is 0 Å². The van der Waals surface area contributed by atoms with Crippen LogP contribution in [0.1, 0.15) is 11.1 Å². The van der Waals surface area contributed by atoms with Crippen LogP contribution in [0.4, 0.5) is 8.78 Å². The van der Waals surface area contributed by atoms with Crippen LogP contribution in [0, 0.1) is 11.6 Å². The lowest BCUT2D eigenvalue weighted by molar-refractivity contribution is 0.280. The first-order valence-electron chi connectivity index (χ1n) is 18.3. The summed E-state index contributed by atoms with van der Waals surface area (Å²) in [5.74, 6) is -0.644. The zero-order valence-electron chi connectivity index (χ0n) is 31.9. The van der Waals surface area contributed by atoms with Gasteiger partial charge in [0.1, 0.15) is 24.8 Å². The Morgan fingerprint density at radius 1 is 0.492 bits per heavy atom. The summed E-state index contributed by atoms with van der Waals surface area (Å²) in [7, 11) is 0. The summed E-state index contributed by atoms with van der Waals surface area (Å²) >= 11 is 32.7. The predicted molar refractivity (Wildman–Crippen MR) is 244 cm³/mol. The van der Waals surface area contributed by atoms with E-state index in [0.29, 0.717) is 47.6 Å². The molecule has 0 radical (unpaired) electrons. The van der Waals surface area contributed by atoms with Crippen LogP contribution in [0.15, 0.2) is 151 Å². The van der Waals surface area contributed by atoms with Crippen LogP contribution in [0.2, 0.25) is 25.1 Å². The normalized spacial score (nSPS) is 10.8. The molecule has 6 aromatic carbocycles. The smallest absolute Gasteiger partial charge is 0.317 e. The standard InChI is InChI=1S/C24H17Cl2FN2OS.C23H14Cl3FN2O/c1-31-19-9-10-20(22(26)12-19)21-13-28-24(30-14-15-3-2-4-18(27)11-15)29-23(21)16-5-7-17(25)8-6-16;24-16-6-4-15(5-7-16)22-20(19-9-8-17(25)11-21(19)26)12-28-23(29-22)30-13-14-2-1-3-18(27)10-14/h2-13H,14H2,1H3;1-12H,13H2. The molecule has 306 valence electrons. The molecular formula is C47H31Cl5F2N4O2S. The number of halogens is 7. The summed E-state index contributed by atoms with van der Waals surface area (Å²) in [6.07, 6.45) is 5.34. The Balaban J connectivity index is 0.000000184. The first-order chi connectivity index (χ1) is 29.5. The van der Waals surface area contributed by atoms with Gasteiger partial charge in [0.25, 0.3) is 0 Å². The fourth-order valence-electron chi connectivity index (χ4n) is 6.02. The quantitative estimate of drug-likeness (QED) is 0.120. The number of hydrogen-bond donors (Lipinski definition) is 0. The Morgan fingerprint density at radius 3 is 1.36 bits per heavy atom. The summed E-state index contributed by atoms with van der Waals surface area (Å²) in [5, 5.41) is 2.87. The number of thioether (sulfide) groups is 1. The van der Waals surface area contributed by atoms with Crippen molar-refractivity contribution in [3.63, 3.8) is 0 Å². The number of hydrogen-bond acceptors (Lipinski definition) is 7. The lowest BCUT2D eigenvalue weighted by Gasteiger charge is -2.13. The van der Waals surface area contributed by atoms with Crippen LogP contribution in [0.3, 0.4) is 0 Å². The number of nitrogens with zero attached hydrogens (tertiary/aromatic N) is 4. The van der Waals surface area contributed by atoms with E-state index in [0.717, 1.165) is 38.3 Å². The molecule has 0 N–H and O–H groups in total. The molecule has 0 aliphatic heterocycles. The molecule has 0 amide bonds. The maximum Gasteiger partial charge on any atom is 0.317 e. The SMILES string of the molecule is CSc1ccc(-c2cnc(OCc3cccc(F)c3)nc2-c2ccc(Cl)cc2)c(Cl)c1.Fc1cccc(COc2ncc(-c3ccc(Cl)cc3Cl)c(-c3ccc(Cl)cc3)n2)c1. The van der Waals surface area contributed by atoms with E-state index in [1.807, 2.05) is 54.8 Å². The van der Waals surface area contributed by atoms with Gasteiger partial charge in [-0.05, 0) is 90.2 Å². The monoisotopic (exact) mass is 928 g/mol. The zero-order valence-corrected chi connectivity index (χ0v) is 36.5. The minimum atomic E-state index is -0.327. The van der Waals surface area contributed by atoms with E-state index in [4.69, 9.17) is 67.5 Å². The molecule has 0 spiro atoms. The molecule has 0 aliphatic carbocycles. The Hall–Kier alpha value is -5.26. The molecule has 0 fully saturated rings. The van der Waals surface area contributed by atoms with Crippen LogP contribution in [0.5, 0.6) is 12.0 Å². The molecule has 61 heavy (non-hydrogen) atoms. The van der Waals surface area contributed by atoms with E-state index >= 15 is 0 Å². The van der Waals surface area contributed by atoms with Gasteiger partial charge in [-0.25, -0.2) is 18.7 Å². The van der Waals surface area contributed by atoms with Crippen LogP contribution in [0.25, 0.3) is 44.8 Å². The van der Waals surface area contributed by atoms with Crippen molar-refractivity contribution in [1.82, 2.24) is 19.9 Å². The predicted octanol–water partition coefficient (Wildman–Crippen LogP) is 15.0. The number of rotatable bonds is 11. The highest BCUT2D eigenvalue weighted by atomic mass is 35.5. The second-order valence-electron chi connectivity index (χ2n) is 13.2. The molecule has 0 unspecified atom stereocenters. The van der Waals surface area contributed by atoms with Crippen LogP contribution < -0.4 is 9.47 Å². The van der Waals surface area contributed by atoms with Crippen LogP contribution >= 0.6 is 69.8 Å². The van der Waals surface area contributed by atoms with Gasteiger partial charge in [-0.3, -0.25) is 0 Å². The Morgan fingerprint density at radius 2 is 0.934 bits per heavy atom. The molecule has 14 heteroatoms. The first kappa shape index (κ1) is 43.8. The third kappa shape index (κ3) is 11.6. The molecular weight excluding hydrogens is 900 g/mol. The van der Waals surface area contributed by atoms with Crippen LogP contribution in [-0.4, -0.2) is 26.2 Å². The van der Waals surface area contributed by atoms with E-state index in [1.54, 1.807) is 84.8 Å². The first-order valence-corrected chi connectivity index (χ1v) is 21.4. The summed E-state index contributed by atoms with van der Waals surface area (Å²) in [6, 6.07) is 38.5. The highest BCUT2D eigenvalue weighted by Crippen LogP contribution is 2.39. The minimum absolute atomic E-state index is 0.138. The number of ether oxygens (including phenoxy) is 2. The van der Waals surface area contributed by atoms with Crippen molar-refractivity contribution in [2.24, 2.45) is 0 Å². The number of benzene rings is 6. The Bertz CT molecular complexity index is 2800. The third-order valence-corrected chi connectivity index (χ3v) is 11.1. The van der Waals surface area contributed by atoms with E-state index in [-0.39, 0.29) is 36.9 Å². The van der Waals surface area contributed by atoms with Crippen molar-refractivity contribution in [1.29, 1.82) is 0 Å². The van der Waals surface area contributed by atoms with Crippen molar-refractivity contribution in [2.75, 3.05) is 6.26 Å². The summed E-state index contributed by atoms with van der Waals surface area (Å²) in [6.45, 7) is 0.291. The van der Waals surface area contributed by atoms with E-state index in [1.165, 1.54) is 24.3 Å². The van der Waals surface area contributed by atoms with E-state index < -0.39 is 0 Å². The average Bonchev–Trinajstić information content (AvgIpc) is 3.26. The van der Waals surface area contributed by atoms with Gasteiger partial charge in [0, 0.05) is 70.8 Å². The lowest BCUT2D eigenvalue weighted by atomic mass is 10.0. The van der Waals surface area contributed by atoms with Gasteiger partial charge in [-0.2, -0.15) is 9.97 Å². The van der Waals surface area contributed by atoms with Crippen molar-refractivity contribution >= 4 is 69.8 Å². The van der Waals surface area contributed by atoms with Crippen molar-refractivity contribution in [3.8, 4) is 56.8 Å². The molecule has 6 nitrogen and oxygen atoms in total. The average molecular weight is 931 g/mol. The Kier molecular flexibility index (Phi) is 14.8. The van der Waals surface area contributed by atoms with Gasteiger partial charge in [0.05, 0.1) is 16.4 Å². The molecule has 8 aromatic rings. The molecule has 2 aromatic heterocycles. The van der Waals surface area contributed by atoms with E-state index in [9.17, 15) is 8.78 Å². The maximum atomic E-state index is 13.4. The molecule has 0 atom stereocenters. The number of aromatic nitrogens is 4. The zero-order chi connectivity index (χ0) is 42.9. The molecule has 0 saturated carbocycles. The van der Waals surface area contributed by atoms with Crippen molar-refractivity contribution in [2.45, 2.75) is 18.1 Å². The minimum Gasteiger partial charge on any atom is -0.459 e. The fourth-order valence-corrected chi connectivity index (χ4v) is 7.57. The second-order valence-corrected chi connectivity index (χ2v) is 16.2. The summed E-state index contributed by atoms with van der Waals surface area (Å²) in [5.41, 5.74) is 7.38. The maximum absolute atomic E-state index is 13.4. The van der Waals surface area contributed by atoms with Gasteiger partial charge >= 0.3 is 12.0 Å². The van der Waals surface area contributed by atoms with Crippen molar-refractivity contribution in [3.05, 3.63) is 194 Å². The van der Waals surface area contributed by atoms with Crippen LogP contribution in [-0.2, 0) is 13.2 Å². The highest BCUT2D eigenvalue weighted by Gasteiger charge is 2.17. The van der Waals surface area contributed by atoms with E-state index in [2.05, 4.69) is 19.9 Å². The third-order valence-electron chi connectivity index (χ3n) is 8.97. The van der Waals surface area contributed by atoms with Gasteiger partial charge in [0.15, 0.2) is 0 Å². The summed E-state index contributed by atoms with van der Waals surface area (Å²) in [4.78, 5) is 19.0. The second kappa shape index (κ2) is 20.5.